The Hall–Kier alpha value is -1.51. The molecule has 2 aromatic heterocycles. The van der Waals surface area contributed by atoms with Crippen LogP contribution in [0.25, 0.3) is 0 Å². The summed E-state index contributed by atoms with van der Waals surface area (Å²) in [5.74, 6) is 0.858. The molecular weight excluding hydrogens is 378 g/mol. The zero-order valence-electron chi connectivity index (χ0n) is 17.4. The van der Waals surface area contributed by atoms with Gasteiger partial charge < -0.3 is 15.0 Å². The Labute approximate surface area is 170 Å². The van der Waals surface area contributed by atoms with Gasteiger partial charge in [0, 0.05) is 50.3 Å². The summed E-state index contributed by atoms with van der Waals surface area (Å²) in [4.78, 5) is 15.9. The largest absolute Gasteiger partial charge is 0.375 e. The van der Waals surface area contributed by atoms with Crippen LogP contribution in [0, 0.1) is 0 Å². The normalized spacial score (nSPS) is 13.7. The van der Waals surface area contributed by atoms with Crippen molar-refractivity contribution in [1.82, 2.24) is 20.2 Å². The molecule has 0 saturated carbocycles. The van der Waals surface area contributed by atoms with Gasteiger partial charge in [0.05, 0.1) is 22.9 Å². The van der Waals surface area contributed by atoms with Gasteiger partial charge in [0.1, 0.15) is 11.1 Å². The van der Waals surface area contributed by atoms with E-state index in [1.54, 1.807) is 36.8 Å². The molecule has 6 nitrogen and oxygen atoms in total. The van der Waals surface area contributed by atoms with Gasteiger partial charge >= 0.3 is 0 Å². The minimum absolute atomic E-state index is 0.0304. The van der Waals surface area contributed by atoms with E-state index >= 15 is 0 Å². The number of methoxy groups -OCH3 is 1. The van der Waals surface area contributed by atoms with E-state index in [0.29, 0.717) is 6.54 Å². The maximum atomic E-state index is 5.33. The van der Waals surface area contributed by atoms with E-state index in [4.69, 9.17) is 9.72 Å². The van der Waals surface area contributed by atoms with E-state index in [9.17, 15) is 0 Å². The highest BCUT2D eigenvalue weighted by atomic mass is 32.1. The first kappa shape index (κ1) is 21.8. The first-order valence-corrected chi connectivity index (χ1v) is 10.8. The first-order valence-electron chi connectivity index (χ1n) is 9.08. The molecule has 2 aromatic rings. The average molecular weight is 410 g/mol. The van der Waals surface area contributed by atoms with Crippen LogP contribution < -0.4 is 5.32 Å². The van der Waals surface area contributed by atoms with Gasteiger partial charge in [-0.15, -0.1) is 22.7 Å². The van der Waals surface area contributed by atoms with E-state index in [1.807, 2.05) is 14.0 Å². The SMILES string of the molecule is CN=C(NCCc1nc(C(C)(C)C)cs1)N(C)Cc1csc(C(C)OC)n1. The molecule has 2 rings (SSSR count). The van der Waals surface area contributed by atoms with Crippen LogP contribution in [0.1, 0.15) is 55.2 Å². The van der Waals surface area contributed by atoms with Crippen molar-refractivity contribution in [1.29, 1.82) is 0 Å². The highest BCUT2D eigenvalue weighted by molar-refractivity contribution is 7.10. The first-order chi connectivity index (χ1) is 12.7. The molecule has 0 amide bonds. The number of thiazole rings is 2. The summed E-state index contributed by atoms with van der Waals surface area (Å²) in [5.41, 5.74) is 2.29. The average Bonchev–Trinajstić information content (AvgIpc) is 3.27. The predicted molar refractivity (Wildman–Crippen MR) is 115 cm³/mol. The van der Waals surface area contributed by atoms with Crippen LogP contribution in [0.4, 0.5) is 0 Å². The highest BCUT2D eigenvalue weighted by Gasteiger charge is 2.17. The number of aromatic nitrogens is 2. The number of ether oxygens (including phenoxy) is 1. The van der Waals surface area contributed by atoms with Gasteiger partial charge in [0.15, 0.2) is 5.96 Å². The van der Waals surface area contributed by atoms with Gasteiger partial charge in [-0.3, -0.25) is 4.99 Å². The maximum absolute atomic E-state index is 5.33. The van der Waals surface area contributed by atoms with Crippen molar-refractivity contribution in [3.8, 4) is 0 Å². The molecule has 8 heteroatoms. The fourth-order valence-electron chi connectivity index (χ4n) is 2.44. The van der Waals surface area contributed by atoms with Crippen molar-refractivity contribution < 1.29 is 4.74 Å². The van der Waals surface area contributed by atoms with E-state index in [1.165, 1.54) is 0 Å². The lowest BCUT2D eigenvalue weighted by atomic mass is 9.93. The Morgan fingerprint density at radius 2 is 2.04 bits per heavy atom. The number of nitrogens with one attached hydrogen (secondary N) is 1. The second kappa shape index (κ2) is 9.61. The van der Waals surface area contributed by atoms with Crippen LogP contribution in [-0.2, 0) is 23.1 Å². The number of hydrogen-bond acceptors (Lipinski definition) is 6. The molecule has 1 atom stereocenters. The molecule has 0 aliphatic rings. The fourth-order valence-corrected chi connectivity index (χ4v) is 4.30. The van der Waals surface area contributed by atoms with Gasteiger partial charge in [-0.25, -0.2) is 9.97 Å². The van der Waals surface area contributed by atoms with Crippen LogP contribution in [0.5, 0.6) is 0 Å². The number of guanidine groups is 1. The summed E-state index contributed by atoms with van der Waals surface area (Å²) < 4.78 is 5.33. The third-order valence-corrected chi connectivity index (χ3v) is 6.15. The molecule has 27 heavy (non-hydrogen) atoms. The van der Waals surface area contributed by atoms with Gasteiger partial charge in [-0.05, 0) is 6.92 Å². The van der Waals surface area contributed by atoms with Crippen molar-refractivity contribution in [3.05, 3.63) is 32.2 Å². The van der Waals surface area contributed by atoms with E-state index in [0.717, 1.165) is 40.3 Å². The van der Waals surface area contributed by atoms with Crippen molar-refractivity contribution in [3.63, 3.8) is 0 Å². The molecule has 1 unspecified atom stereocenters. The Balaban J connectivity index is 1.85. The van der Waals surface area contributed by atoms with Crippen molar-refractivity contribution in [2.45, 2.75) is 52.2 Å². The molecule has 1 N–H and O–H groups in total. The van der Waals surface area contributed by atoms with Crippen molar-refractivity contribution >= 4 is 28.6 Å². The summed E-state index contributed by atoms with van der Waals surface area (Å²) in [7, 11) is 5.53. The summed E-state index contributed by atoms with van der Waals surface area (Å²) >= 11 is 3.36. The Morgan fingerprint density at radius 3 is 2.63 bits per heavy atom. The smallest absolute Gasteiger partial charge is 0.193 e. The van der Waals surface area contributed by atoms with Gasteiger partial charge in [0.25, 0.3) is 0 Å². The number of aliphatic imine (C=N–C) groups is 1. The molecule has 0 radical (unpaired) electrons. The lowest BCUT2D eigenvalue weighted by Crippen LogP contribution is -2.39. The molecule has 0 aliphatic carbocycles. The van der Waals surface area contributed by atoms with Crippen LogP contribution in [0.3, 0.4) is 0 Å². The second-order valence-electron chi connectivity index (χ2n) is 7.51. The van der Waals surface area contributed by atoms with Gasteiger partial charge in [0.2, 0.25) is 0 Å². The number of rotatable bonds is 7. The predicted octanol–water partition coefficient (Wildman–Crippen LogP) is 3.85. The quantitative estimate of drug-likeness (QED) is 0.556. The zero-order chi connectivity index (χ0) is 20.0. The topological polar surface area (TPSA) is 62.6 Å². The lowest BCUT2D eigenvalue weighted by molar-refractivity contribution is 0.119. The molecule has 0 aromatic carbocycles. The minimum Gasteiger partial charge on any atom is -0.375 e. The summed E-state index contributed by atoms with van der Waals surface area (Å²) in [6.45, 7) is 10.1. The second-order valence-corrected chi connectivity index (χ2v) is 9.34. The molecule has 0 bridgehead atoms. The molecule has 0 fully saturated rings. The Kier molecular flexibility index (Phi) is 7.76. The lowest BCUT2D eigenvalue weighted by Gasteiger charge is -2.21. The molecule has 150 valence electrons. The van der Waals surface area contributed by atoms with Crippen molar-refractivity contribution in [2.24, 2.45) is 4.99 Å². The number of hydrogen-bond donors (Lipinski definition) is 1. The monoisotopic (exact) mass is 409 g/mol. The summed E-state index contributed by atoms with van der Waals surface area (Å²) in [6, 6.07) is 0. The van der Waals surface area contributed by atoms with Crippen LogP contribution in [0.15, 0.2) is 15.8 Å². The van der Waals surface area contributed by atoms with E-state index in [-0.39, 0.29) is 11.5 Å². The van der Waals surface area contributed by atoms with Crippen LogP contribution >= 0.6 is 22.7 Å². The van der Waals surface area contributed by atoms with Gasteiger partial charge in [-0.2, -0.15) is 0 Å². The number of nitrogens with zero attached hydrogens (tertiary/aromatic N) is 4. The highest BCUT2D eigenvalue weighted by Crippen LogP contribution is 2.24. The minimum atomic E-state index is 0.0304. The zero-order valence-corrected chi connectivity index (χ0v) is 19.0. The molecule has 0 saturated heterocycles. The van der Waals surface area contributed by atoms with E-state index < -0.39 is 0 Å². The molecular formula is C19H31N5OS2. The van der Waals surface area contributed by atoms with Crippen LogP contribution in [-0.4, -0.2) is 48.6 Å². The summed E-state index contributed by atoms with van der Waals surface area (Å²) in [6.07, 6.45) is 0.919. The molecule has 2 heterocycles. The standard InChI is InChI=1S/C19H31N5OS2/c1-13(25-7)17-22-14(11-27-17)10-24(6)18(20-5)21-9-8-16-23-15(12-26-16)19(2,3)4/h11-13H,8-10H2,1-7H3,(H,20,21). The molecule has 0 aliphatic heterocycles. The third kappa shape index (κ3) is 6.26. The maximum Gasteiger partial charge on any atom is 0.193 e. The fraction of sp³-hybridized carbons (Fsp3) is 0.632. The van der Waals surface area contributed by atoms with Gasteiger partial charge in [-0.1, -0.05) is 20.8 Å². The Morgan fingerprint density at radius 1 is 1.30 bits per heavy atom. The summed E-state index contributed by atoms with van der Waals surface area (Å²) in [5, 5.41) is 9.82. The van der Waals surface area contributed by atoms with E-state index in [2.05, 4.69) is 51.7 Å². The Bertz CT molecular complexity index is 747. The molecule has 0 spiro atoms. The van der Waals surface area contributed by atoms with Crippen molar-refractivity contribution in [2.75, 3.05) is 27.7 Å². The van der Waals surface area contributed by atoms with Crippen LogP contribution in [0.2, 0.25) is 0 Å². The third-order valence-electron chi connectivity index (χ3n) is 4.19.